The average molecular weight is 385 g/mol. The molecule has 1 rings (SSSR count). The second-order valence-corrected chi connectivity index (χ2v) is 5.48. The van der Waals surface area contributed by atoms with E-state index < -0.39 is 23.1 Å². The maximum atomic E-state index is 13.5. The fourth-order valence-electron chi connectivity index (χ4n) is 1.28. The van der Waals surface area contributed by atoms with Crippen molar-refractivity contribution in [3.05, 3.63) is 34.9 Å². The normalized spacial score (nSPS) is 11.4. The van der Waals surface area contributed by atoms with Gasteiger partial charge in [-0.2, -0.15) is 0 Å². The Bertz CT molecular complexity index is 462. The van der Waals surface area contributed by atoms with Gasteiger partial charge in [-0.05, 0) is 25.5 Å². The molecule has 0 aliphatic heterocycles. The Hall–Kier alpha value is -0.490. The number of carbonyl (C=O) groups excluding carboxylic acids is 1. The van der Waals surface area contributed by atoms with E-state index in [0.29, 0.717) is 10.7 Å². The quantitative estimate of drug-likeness (QED) is 0.790. The van der Waals surface area contributed by atoms with Gasteiger partial charge in [0.1, 0.15) is 11.6 Å². The van der Waals surface area contributed by atoms with Crippen molar-refractivity contribution in [1.82, 2.24) is 5.32 Å². The molecule has 2 nitrogen and oxygen atoms in total. The molecular weight excluding hydrogens is 372 g/mol. The number of aryl methyl sites for hydroxylation is 1. The van der Waals surface area contributed by atoms with Gasteiger partial charge >= 0.3 is 0 Å². The van der Waals surface area contributed by atoms with Crippen LogP contribution in [-0.4, -0.2) is 22.1 Å². The molecule has 1 aromatic carbocycles. The Balaban J connectivity index is 3.01. The minimum atomic E-state index is -0.859. The Morgan fingerprint density at radius 3 is 2.33 bits per heavy atom. The van der Waals surface area contributed by atoms with Gasteiger partial charge in [0.2, 0.25) is 0 Å². The summed E-state index contributed by atoms with van der Waals surface area (Å²) in [5, 5.41) is 3.73. The van der Waals surface area contributed by atoms with Gasteiger partial charge in [-0.3, -0.25) is 4.79 Å². The second kappa shape index (κ2) is 6.10. The third kappa shape index (κ3) is 3.51. The van der Waals surface area contributed by atoms with Crippen LogP contribution >= 0.6 is 31.9 Å². The van der Waals surface area contributed by atoms with Gasteiger partial charge in [-0.15, -0.1) is 0 Å². The smallest absolute Gasteiger partial charge is 0.254 e. The first-order chi connectivity index (χ1) is 8.33. The van der Waals surface area contributed by atoms with Crippen molar-refractivity contribution < 1.29 is 13.6 Å². The zero-order valence-corrected chi connectivity index (χ0v) is 13.2. The lowest BCUT2D eigenvalue weighted by Crippen LogP contribution is -2.49. The van der Waals surface area contributed by atoms with Gasteiger partial charge in [0.25, 0.3) is 5.91 Å². The van der Waals surface area contributed by atoms with Crippen LogP contribution in [0.25, 0.3) is 0 Å². The highest BCUT2D eigenvalue weighted by Gasteiger charge is 2.26. The van der Waals surface area contributed by atoms with E-state index in [1.807, 2.05) is 6.92 Å². The van der Waals surface area contributed by atoms with E-state index >= 15 is 0 Å². The molecule has 0 unspecified atom stereocenters. The Labute approximate surface area is 121 Å². The summed E-state index contributed by atoms with van der Waals surface area (Å²) in [6.07, 6.45) is 0. The molecule has 1 N–H and O–H groups in total. The zero-order chi connectivity index (χ0) is 13.9. The summed E-state index contributed by atoms with van der Waals surface area (Å²) in [6, 6.07) is 1.94. The lowest BCUT2D eigenvalue weighted by atomic mass is 10.1. The first-order valence-corrected chi connectivity index (χ1v) is 7.47. The van der Waals surface area contributed by atoms with Crippen LogP contribution < -0.4 is 5.32 Å². The van der Waals surface area contributed by atoms with E-state index in [4.69, 9.17) is 0 Å². The number of rotatable bonds is 4. The largest absolute Gasteiger partial charge is 0.345 e. The fourth-order valence-corrected chi connectivity index (χ4v) is 2.48. The molecule has 6 heteroatoms. The van der Waals surface area contributed by atoms with Gasteiger partial charge in [0.05, 0.1) is 11.1 Å². The summed E-state index contributed by atoms with van der Waals surface area (Å²) >= 11 is 6.56. The summed E-state index contributed by atoms with van der Waals surface area (Å²) < 4.78 is 26.6. The van der Waals surface area contributed by atoms with Crippen molar-refractivity contribution in [2.45, 2.75) is 19.4 Å². The topological polar surface area (TPSA) is 29.1 Å². The number of hydrogen-bond donors (Lipinski definition) is 1. The van der Waals surface area contributed by atoms with E-state index in [2.05, 4.69) is 37.2 Å². The van der Waals surface area contributed by atoms with E-state index in [1.165, 1.54) is 13.0 Å². The molecule has 0 saturated carbocycles. The monoisotopic (exact) mass is 383 g/mol. The Morgan fingerprint density at radius 2 is 1.83 bits per heavy atom. The van der Waals surface area contributed by atoms with Crippen molar-refractivity contribution in [3.8, 4) is 0 Å². The van der Waals surface area contributed by atoms with Crippen molar-refractivity contribution in [2.75, 3.05) is 10.7 Å². The molecule has 18 heavy (non-hydrogen) atoms. The Morgan fingerprint density at radius 1 is 1.28 bits per heavy atom. The van der Waals surface area contributed by atoms with Crippen LogP contribution in [0.1, 0.15) is 22.8 Å². The maximum Gasteiger partial charge on any atom is 0.254 e. The van der Waals surface area contributed by atoms with Crippen molar-refractivity contribution in [3.63, 3.8) is 0 Å². The molecule has 0 aromatic heterocycles. The second-order valence-electron chi connectivity index (χ2n) is 4.36. The summed E-state index contributed by atoms with van der Waals surface area (Å²) in [5.41, 5.74) is -0.450. The van der Waals surface area contributed by atoms with Crippen LogP contribution in [0.2, 0.25) is 0 Å². The SMILES string of the molecule is Cc1cc(C(=O)NC(C)(CBr)CBr)c(F)cc1F. The first kappa shape index (κ1) is 15.6. The number of halogens is 4. The molecule has 0 spiro atoms. The minimum absolute atomic E-state index is 0.151. The minimum Gasteiger partial charge on any atom is -0.345 e. The van der Waals surface area contributed by atoms with Gasteiger partial charge in [-0.25, -0.2) is 8.78 Å². The predicted octanol–water partition coefficient (Wildman–Crippen LogP) is 3.55. The average Bonchev–Trinajstić information content (AvgIpc) is 2.33. The van der Waals surface area contributed by atoms with Crippen molar-refractivity contribution >= 4 is 37.8 Å². The van der Waals surface area contributed by atoms with Gasteiger partial charge in [0.15, 0.2) is 0 Å². The molecule has 0 aliphatic rings. The number of alkyl halides is 2. The predicted molar refractivity (Wildman–Crippen MR) is 74.6 cm³/mol. The summed E-state index contributed by atoms with van der Waals surface area (Å²) in [5.74, 6) is -2.08. The number of hydrogen-bond acceptors (Lipinski definition) is 1. The van der Waals surface area contributed by atoms with Crippen LogP contribution in [0.5, 0.6) is 0 Å². The molecule has 0 fully saturated rings. The zero-order valence-electron chi connectivity index (χ0n) is 9.99. The van der Waals surface area contributed by atoms with Crippen molar-refractivity contribution in [1.29, 1.82) is 0 Å². The molecule has 1 aromatic rings. The van der Waals surface area contributed by atoms with E-state index in [1.54, 1.807) is 0 Å². The van der Waals surface area contributed by atoms with Crippen LogP contribution in [0.15, 0.2) is 12.1 Å². The van der Waals surface area contributed by atoms with Crippen LogP contribution in [0, 0.1) is 18.6 Å². The molecule has 0 radical (unpaired) electrons. The van der Waals surface area contributed by atoms with E-state index in [0.717, 1.165) is 6.07 Å². The number of amides is 1. The highest BCUT2D eigenvalue weighted by Crippen LogP contribution is 2.17. The molecule has 0 heterocycles. The van der Waals surface area contributed by atoms with Crippen LogP contribution in [-0.2, 0) is 0 Å². The van der Waals surface area contributed by atoms with Crippen LogP contribution in [0.3, 0.4) is 0 Å². The highest BCUT2D eigenvalue weighted by atomic mass is 79.9. The van der Waals surface area contributed by atoms with E-state index in [-0.39, 0.29) is 11.1 Å². The lowest BCUT2D eigenvalue weighted by Gasteiger charge is -2.26. The highest BCUT2D eigenvalue weighted by molar-refractivity contribution is 9.09. The molecule has 0 bridgehead atoms. The number of nitrogens with one attached hydrogen (secondary N) is 1. The van der Waals surface area contributed by atoms with Gasteiger partial charge in [0, 0.05) is 16.7 Å². The van der Waals surface area contributed by atoms with Crippen LogP contribution in [0.4, 0.5) is 8.78 Å². The maximum absolute atomic E-state index is 13.5. The number of carbonyl (C=O) groups is 1. The molecule has 0 saturated heterocycles. The summed E-state index contributed by atoms with van der Waals surface area (Å²) in [6.45, 7) is 3.29. The summed E-state index contributed by atoms with van der Waals surface area (Å²) in [7, 11) is 0. The molecule has 0 aliphatic carbocycles. The Kier molecular flexibility index (Phi) is 5.28. The third-order valence-corrected chi connectivity index (χ3v) is 4.97. The fraction of sp³-hybridized carbons (Fsp3) is 0.417. The molecule has 0 atom stereocenters. The number of benzene rings is 1. The van der Waals surface area contributed by atoms with E-state index in [9.17, 15) is 13.6 Å². The molecule has 100 valence electrons. The lowest BCUT2D eigenvalue weighted by molar-refractivity contribution is 0.0918. The summed E-state index contributed by atoms with van der Waals surface area (Å²) in [4.78, 5) is 11.9. The standard InChI is InChI=1S/C12H13Br2F2NO/c1-7-3-8(10(16)4-9(7)15)11(18)17-12(2,5-13)6-14/h3-4H,5-6H2,1-2H3,(H,17,18). The first-order valence-electron chi connectivity index (χ1n) is 5.23. The molecular formula is C12H13Br2F2NO. The molecule has 1 amide bonds. The van der Waals surface area contributed by atoms with Gasteiger partial charge in [-0.1, -0.05) is 31.9 Å². The van der Waals surface area contributed by atoms with Gasteiger partial charge < -0.3 is 5.32 Å². The van der Waals surface area contributed by atoms with Crippen molar-refractivity contribution in [2.24, 2.45) is 0 Å². The third-order valence-electron chi connectivity index (χ3n) is 2.50.